The van der Waals surface area contributed by atoms with E-state index < -0.39 is 0 Å². The van der Waals surface area contributed by atoms with Gasteiger partial charge in [-0.25, -0.2) is 15.8 Å². The molecule has 2 heterocycles. The summed E-state index contributed by atoms with van der Waals surface area (Å²) in [5.74, 6) is 7.94. The van der Waals surface area contributed by atoms with Gasteiger partial charge in [-0.05, 0) is 26.4 Å². The van der Waals surface area contributed by atoms with Crippen LogP contribution in [0.2, 0.25) is 0 Å². The van der Waals surface area contributed by atoms with Gasteiger partial charge in [0.25, 0.3) is 0 Å². The van der Waals surface area contributed by atoms with Gasteiger partial charge in [-0.15, -0.1) is 0 Å². The Balaban J connectivity index is 2.21. The monoisotopic (exact) mass is 292 g/mol. The van der Waals surface area contributed by atoms with E-state index >= 15 is 0 Å². The molecule has 1 unspecified atom stereocenters. The van der Waals surface area contributed by atoms with Crippen molar-refractivity contribution in [2.75, 3.05) is 37.5 Å². The number of nitrogen functional groups attached to an aromatic ring is 1. The Morgan fingerprint density at radius 3 is 2.67 bits per heavy atom. The summed E-state index contributed by atoms with van der Waals surface area (Å²) in [5.41, 5.74) is 2.54. The van der Waals surface area contributed by atoms with Crippen LogP contribution in [0, 0.1) is 0 Å². The Hall–Kier alpha value is -1.40. The Kier molecular flexibility index (Phi) is 4.68. The third-order valence-electron chi connectivity index (χ3n) is 4.08. The predicted molar refractivity (Wildman–Crippen MR) is 87.5 cm³/mol. The van der Waals surface area contributed by atoms with Gasteiger partial charge >= 0.3 is 0 Å². The van der Waals surface area contributed by atoms with Crippen molar-refractivity contribution in [2.45, 2.75) is 45.1 Å². The maximum Gasteiger partial charge on any atom is 0.145 e. The minimum absolute atomic E-state index is 0.105. The normalized spacial score (nSPS) is 19.8. The predicted octanol–water partition coefficient (Wildman–Crippen LogP) is 1.59. The first-order valence-electron chi connectivity index (χ1n) is 7.59. The minimum atomic E-state index is -0.105. The van der Waals surface area contributed by atoms with Gasteiger partial charge in [0.15, 0.2) is 0 Å². The molecule has 1 aliphatic rings. The molecule has 21 heavy (non-hydrogen) atoms. The number of nitrogens with one attached hydrogen (secondary N) is 1. The van der Waals surface area contributed by atoms with Crippen LogP contribution in [-0.4, -0.2) is 48.1 Å². The minimum Gasteiger partial charge on any atom is -0.358 e. The molecule has 6 heteroatoms. The van der Waals surface area contributed by atoms with Gasteiger partial charge in [0.05, 0.1) is 0 Å². The second kappa shape index (κ2) is 6.15. The molecule has 1 saturated heterocycles. The number of hydrogen-bond acceptors (Lipinski definition) is 6. The van der Waals surface area contributed by atoms with Crippen LogP contribution in [0.1, 0.15) is 39.4 Å². The molecular weight excluding hydrogens is 264 g/mol. The number of aromatic nitrogens is 2. The Bertz CT molecular complexity index is 482. The Labute approximate surface area is 127 Å². The van der Waals surface area contributed by atoms with E-state index in [1.54, 1.807) is 0 Å². The molecule has 0 spiro atoms. The van der Waals surface area contributed by atoms with E-state index in [1.807, 2.05) is 6.07 Å². The summed E-state index contributed by atoms with van der Waals surface area (Å²) in [4.78, 5) is 13.8. The number of nitrogens with two attached hydrogens (primary N) is 1. The van der Waals surface area contributed by atoms with Crippen molar-refractivity contribution in [3.8, 4) is 0 Å². The maximum absolute atomic E-state index is 5.55. The van der Waals surface area contributed by atoms with Gasteiger partial charge in [-0.2, -0.15) is 0 Å². The van der Waals surface area contributed by atoms with E-state index in [9.17, 15) is 0 Å². The first-order chi connectivity index (χ1) is 9.81. The highest BCUT2D eigenvalue weighted by Gasteiger charge is 2.24. The van der Waals surface area contributed by atoms with E-state index in [0.717, 1.165) is 18.2 Å². The van der Waals surface area contributed by atoms with Crippen LogP contribution in [-0.2, 0) is 5.41 Å². The fourth-order valence-electron chi connectivity index (χ4n) is 2.66. The molecule has 1 aromatic rings. The van der Waals surface area contributed by atoms with Gasteiger partial charge < -0.3 is 15.2 Å². The first-order valence-corrected chi connectivity index (χ1v) is 7.59. The van der Waals surface area contributed by atoms with Crippen LogP contribution >= 0.6 is 0 Å². The lowest BCUT2D eigenvalue weighted by Gasteiger charge is -2.28. The van der Waals surface area contributed by atoms with Crippen molar-refractivity contribution in [1.82, 2.24) is 14.9 Å². The average molecular weight is 292 g/mol. The number of anilines is 2. The molecule has 118 valence electrons. The molecule has 3 N–H and O–H groups in total. The zero-order valence-corrected chi connectivity index (χ0v) is 13.8. The van der Waals surface area contributed by atoms with Crippen LogP contribution in [0.25, 0.3) is 0 Å². The van der Waals surface area contributed by atoms with Crippen LogP contribution < -0.4 is 16.2 Å². The highest BCUT2D eigenvalue weighted by atomic mass is 15.3. The topological polar surface area (TPSA) is 70.3 Å². The van der Waals surface area contributed by atoms with Crippen molar-refractivity contribution in [2.24, 2.45) is 5.84 Å². The molecule has 1 fully saturated rings. The van der Waals surface area contributed by atoms with Crippen LogP contribution in [0.5, 0.6) is 0 Å². The van der Waals surface area contributed by atoms with E-state index in [4.69, 9.17) is 10.8 Å². The van der Waals surface area contributed by atoms with Gasteiger partial charge in [0, 0.05) is 31.1 Å². The molecule has 0 amide bonds. The SMILES string of the molecule is CN(CC1CCCN1C)c1cc(NN)nc(C(C)(C)C)n1. The van der Waals surface area contributed by atoms with Crippen molar-refractivity contribution in [3.63, 3.8) is 0 Å². The summed E-state index contributed by atoms with van der Waals surface area (Å²) < 4.78 is 0. The number of likely N-dealkylation sites (N-methyl/N-ethyl adjacent to an activating group) is 2. The molecule has 1 atom stereocenters. The third kappa shape index (κ3) is 3.83. The van der Waals surface area contributed by atoms with Crippen LogP contribution in [0.15, 0.2) is 6.07 Å². The molecule has 0 bridgehead atoms. The number of likely N-dealkylation sites (tertiary alicyclic amines) is 1. The summed E-state index contributed by atoms with van der Waals surface area (Å²) in [6, 6.07) is 2.50. The smallest absolute Gasteiger partial charge is 0.145 e. The van der Waals surface area contributed by atoms with Gasteiger partial charge in [0.1, 0.15) is 17.5 Å². The lowest BCUT2D eigenvalue weighted by atomic mass is 9.96. The summed E-state index contributed by atoms with van der Waals surface area (Å²) in [7, 11) is 4.28. The largest absolute Gasteiger partial charge is 0.358 e. The zero-order chi connectivity index (χ0) is 15.6. The van der Waals surface area contributed by atoms with Crippen molar-refractivity contribution in [1.29, 1.82) is 0 Å². The maximum atomic E-state index is 5.55. The second-order valence-electron chi connectivity index (χ2n) is 6.99. The van der Waals surface area contributed by atoms with Gasteiger partial charge in [0.2, 0.25) is 0 Å². The lowest BCUT2D eigenvalue weighted by molar-refractivity contribution is 0.314. The Morgan fingerprint density at radius 2 is 2.14 bits per heavy atom. The number of nitrogens with zero attached hydrogens (tertiary/aromatic N) is 4. The molecule has 1 aliphatic heterocycles. The van der Waals surface area contributed by atoms with Crippen LogP contribution in [0.3, 0.4) is 0 Å². The molecule has 0 radical (unpaired) electrons. The van der Waals surface area contributed by atoms with E-state index in [2.05, 4.69) is 55.1 Å². The van der Waals surface area contributed by atoms with Crippen LogP contribution in [0.4, 0.5) is 11.6 Å². The standard InChI is InChI=1S/C15H28N6/c1-15(2,3)14-17-12(19-16)9-13(18-14)21(5)10-11-7-6-8-20(11)4/h9,11H,6-8,10,16H2,1-5H3,(H,17,18,19). The van der Waals surface area contributed by atoms with Crippen molar-refractivity contribution >= 4 is 11.6 Å². The Morgan fingerprint density at radius 1 is 1.43 bits per heavy atom. The lowest BCUT2D eigenvalue weighted by Crippen LogP contribution is -2.37. The van der Waals surface area contributed by atoms with Crippen molar-refractivity contribution in [3.05, 3.63) is 11.9 Å². The highest BCUT2D eigenvalue weighted by Crippen LogP contribution is 2.24. The molecule has 0 aliphatic carbocycles. The number of hydrazine groups is 1. The second-order valence-corrected chi connectivity index (χ2v) is 6.99. The molecule has 1 aromatic heterocycles. The fraction of sp³-hybridized carbons (Fsp3) is 0.733. The molecule has 2 rings (SSSR count). The summed E-state index contributed by atoms with van der Waals surface area (Å²) in [5, 5.41) is 0. The number of rotatable bonds is 4. The highest BCUT2D eigenvalue weighted by molar-refractivity contribution is 5.49. The zero-order valence-electron chi connectivity index (χ0n) is 13.8. The number of hydrogen-bond donors (Lipinski definition) is 2. The fourth-order valence-corrected chi connectivity index (χ4v) is 2.66. The molecule has 0 aromatic carbocycles. The first kappa shape index (κ1) is 16.0. The van der Waals surface area contributed by atoms with E-state index in [1.165, 1.54) is 19.4 Å². The van der Waals surface area contributed by atoms with Gasteiger partial charge in [-0.3, -0.25) is 0 Å². The summed E-state index contributed by atoms with van der Waals surface area (Å²) >= 11 is 0. The third-order valence-corrected chi connectivity index (χ3v) is 4.08. The quantitative estimate of drug-likeness (QED) is 0.649. The molecule has 6 nitrogen and oxygen atoms in total. The molecule has 0 saturated carbocycles. The van der Waals surface area contributed by atoms with Crippen molar-refractivity contribution < 1.29 is 0 Å². The summed E-state index contributed by atoms with van der Waals surface area (Å²) in [6.07, 6.45) is 2.53. The summed E-state index contributed by atoms with van der Waals surface area (Å²) in [6.45, 7) is 8.48. The van der Waals surface area contributed by atoms with Gasteiger partial charge in [-0.1, -0.05) is 20.8 Å². The van der Waals surface area contributed by atoms with E-state index in [-0.39, 0.29) is 5.41 Å². The molecular formula is C15H28N6. The average Bonchev–Trinajstić information content (AvgIpc) is 2.82. The van der Waals surface area contributed by atoms with E-state index in [0.29, 0.717) is 11.9 Å².